The van der Waals surface area contributed by atoms with Gasteiger partial charge in [-0.3, -0.25) is 0 Å². The predicted molar refractivity (Wildman–Crippen MR) is 69.7 cm³/mol. The molecule has 1 N–H and O–H groups in total. The molecule has 0 fully saturated rings. The summed E-state index contributed by atoms with van der Waals surface area (Å²) in [5, 5.41) is 12.4. The van der Waals surface area contributed by atoms with Crippen LogP contribution in [0.4, 0.5) is 0 Å². The molecule has 1 atom stereocenters. The van der Waals surface area contributed by atoms with Crippen molar-refractivity contribution in [1.82, 2.24) is 0 Å². The van der Waals surface area contributed by atoms with Crippen LogP contribution in [-0.2, 0) is 11.2 Å². The van der Waals surface area contributed by atoms with Crippen LogP contribution in [-0.4, -0.2) is 30.7 Å². The molecule has 0 aromatic heterocycles. The molecule has 18 heavy (non-hydrogen) atoms. The zero-order valence-corrected chi connectivity index (χ0v) is 10.8. The van der Waals surface area contributed by atoms with Crippen LogP contribution >= 0.6 is 0 Å². The van der Waals surface area contributed by atoms with Crippen LogP contribution in [0.5, 0.6) is 5.75 Å². The molecule has 1 aromatic carbocycles. The first-order valence-corrected chi connectivity index (χ1v) is 6.24. The topological polar surface area (TPSA) is 51.0 Å². The zero-order chi connectivity index (χ0) is 13.0. The molecule has 0 radical (unpaired) electrons. The quantitative estimate of drug-likeness (QED) is 0.659. The molecule has 0 heterocycles. The molecule has 0 spiro atoms. The lowest BCUT2D eigenvalue weighted by atomic mass is 9.90. The molecule has 1 aromatic rings. The lowest BCUT2D eigenvalue weighted by Gasteiger charge is -2.18. The van der Waals surface area contributed by atoms with Gasteiger partial charge in [0.15, 0.2) is 0 Å². The van der Waals surface area contributed by atoms with Crippen LogP contribution in [0.15, 0.2) is 23.4 Å². The lowest BCUT2D eigenvalue weighted by Crippen LogP contribution is -2.17. The fourth-order valence-electron chi connectivity index (χ4n) is 2.10. The number of benzene rings is 1. The first-order chi connectivity index (χ1) is 8.74. The summed E-state index contributed by atoms with van der Waals surface area (Å²) < 4.78 is 10.8. The summed E-state index contributed by atoms with van der Waals surface area (Å²) in [6.07, 6.45) is 2.95. The van der Waals surface area contributed by atoms with Crippen LogP contribution in [0.1, 0.15) is 30.9 Å². The number of ether oxygens (including phenoxy) is 2. The minimum Gasteiger partial charge on any atom is -0.491 e. The van der Waals surface area contributed by atoms with Gasteiger partial charge in [-0.15, -0.1) is 0 Å². The number of hydrogen-bond acceptors (Lipinski definition) is 4. The number of rotatable bonds is 4. The lowest BCUT2D eigenvalue weighted by molar-refractivity contribution is 0.0716. The van der Waals surface area contributed by atoms with Crippen molar-refractivity contribution in [2.75, 3.05) is 13.7 Å². The number of fused-ring (bicyclic) bond motifs is 1. The second kappa shape index (κ2) is 5.87. The summed E-state index contributed by atoms with van der Waals surface area (Å²) in [5.74, 6) is 0.792. The molecule has 0 amide bonds. The Labute approximate surface area is 107 Å². The second-order valence-corrected chi connectivity index (χ2v) is 4.58. The van der Waals surface area contributed by atoms with Crippen molar-refractivity contribution in [3.63, 3.8) is 0 Å². The Morgan fingerprint density at radius 1 is 1.39 bits per heavy atom. The van der Waals surface area contributed by atoms with E-state index in [0.29, 0.717) is 6.61 Å². The van der Waals surface area contributed by atoms with Crippen LogP contribution in [0.3, 0.4) is 0 Å². The minimum absolute atomic E-state index is 0.0620. The standard InChI is InChI=1S/C14H19NO3/c1-10(17-2)9-18-12-7-6-11-4-3-5-14(15-16)13(11)8-12/h6-8,10,16H,3-5,9H2,1-2H3/b15-14-. The highest BCUT2D eigenvalue weighted by Crippen LogP contribution is 2.26. The molecule has 2 rings (SSSR count). The van der Waals surface area contributed by atoms with Crippen molar-refractivity contribution in [2.45, 2.75) is 32.3 Å². The van der Waals surface area contributed by atoms with Gasteiger partial charge in [-0.05, 0) is 43.9 Å². The Hall–Kier alpha value is -1.55. The highest BCUT2D eigenvalue weighted by Gasteiger charge is 2.16. The van der Waals surface area contributed by atoms with Crippen LogP contribution < -0.4 is 4.74 Å². The third-order valence-corrected chi connectivity index (χ3v) is 3.26. The number of aryl methyl sites for hydroxylation is 1. The van der Waals surface area contributed by atoms with E-state index in [-0.39, 0.29) is 6.10 Å². The van der Waals surface area contributed by atoms with Crippen LogP contribution in [0.2, 0.25) is 0 Å². The molecule has 0 saturated heterocycles. The Kier molecular flexibility index (Phi) is 4.20. The maximum absolute atomic E-state index is 9.01. The van der Waals surface area contributed by atoms with Gasteiger partial charge in [-0.1, -0.05) is 11.2 Å². The van der Waals surface area contributed by atoms with E-state index < -0.39 is 0 Å². The van der Waals surface area contributed by atoms with Gasteiger partial charge in [-0.25, -0.2) is 0 Å². The molecule has 1 unspecified atom stereocenters. The SMILES string of the molecule is COC(C)COc1ccc2c(c1)/C(=N\O)CCC2. The average molecular weight is 249 g/mol. The number of hydrogen-bond donors (Lipinski definition) is 1. The summed E-state index contributed by atoms with van der Waals surface area (Å²) >= 11 is 0. The van der Waals surface area contributed by atoms with E-state index >= 15 is 0 Å². The number of nitrogens with zero attached hydrogens (tertiary/aromatic N) is 1. The Bertz CT molecular complexity index is 443. The first kappa shape index (κ1) is 12.9. The van der Waals surface area contributed by atoms with Gasteiger partial charge in [0.2, 0.25) is 0 Å². The Balaban J connectivity index is 2.15. The molecular formula is C14H19NO3. The fourth-order valence-corrected chi connectivity index (χ4v) is 2.10. The molecule has 1 aliphatic carbocycles. The van der Waals surface area contributed by atoms with Crippen molar-refractivity contribution < 1.29 is 14.7 Å². The van der Waals surface area contributed by atoms with Crippen molar-refractivity contribution in [1.29, 1.82) is 0 Å². The van der Waals surface area contributed by atoms with Gasteiger partial charge in [0.25, 0.3) is 0 Å². The molecule has 0 saturated carbocycles. The fraction of sp³-hybridized carbons (Fsp3) is 0.500. The molecule has 4 nitrogen and oxygen atoms in total. The molecule has 0 aliphatic heterocycles. The maximum atomic E-state index is 9.01. The second-order valence-electron chi connectivity index (χ2n) is 4.58. The molecule has 1 aliphatic rings. The van der Waals surface area contributed by atoms with E-state index in [0.717, 1.165) is 36.3 Å². The van der Waals surface area contributed by atoms with Crippen LogP contribution in [0, 0.1) is 0 Å². The highest BCUT2D eigenvalue weighted by atomic mass is 16.5. The monoisotopic (exact) mass is 249 g/mol. The maximum Gasteiger partial charge on any atom is 0.120 e. The van der Waals surface area contributed by atoms with E-state index in [1.807, 2.05) is 25.1 Å². The van der Waals surface area contributed by atoms with Gasteiger partial charge >= 0.3 is 0 Å². The summed E-state index contributed by atoms with van der Waals surface area (Å²) in [7, 11) is 1.66. The van der Waals surface area contributed by atoms with Crippen molar-refractivity contribution >= 4 is 5.71 Å². The van der Waals surface area contributed by atoms with Crippen molar-refractivity contribution in [2.24, 2.45) is 5.16 Å². The molecule has 98 valence electrons. The zero-order valence-electron chi connectivity index (χ0n) is 10.8. The normalized spacial score (nSPS) is 18.4. The predicted octanol–water partition coefficient (Wildman–Crippen LogP) is 2.61. The van der Waals surface area contributed by atoms with Gasteiger partial charge in [0.05, 0.1) is 11.8 Å². The average Bonchev–Trinajstić information content (AvgIpc) is 2.43. The molecular weight excluding hydrogens is 230 g/mol. The molecule has 4 heteroatoms. The van der Waals surface area contributed by atoms with Crippen molar-refractivity contribution in [3.8, 4) is 5.75 Å². The summed E-state index contributed by atoms with van der Waals surface area (Å²) in [6, 6.07) is 5.96. The van der Waals surface area contributed by atoms with Gasteiger partial charge in [0, 0.05) is 12.7 Å². The Morgan fingerprint density at radius 3 is 2.94 bits per heavy atom. The van der Waals surface area contributed by atoms with E-state index in [9.17, 15) is 0 Å². The summed E-state index contributed by atoms with van der Waals surface area (Å²) in [4.78, 5) is 0. The van der Waals surface area contributed by atoms with E-state index in [1.165, 1.54) is 5.56 Å². The van der Waals surface area contributed by atoms with Gasteiger partial charge in [-0.2, -0.15) is 0 Å². The largest absolute Gasteiger partial charge is 0.491 e. The van der Waals surface area contributed by atoms with Gasteiger partial charge < -0.3 is 14.7 Å². The smallest absolute Gasteiger partial charge is 0.120 e. The third kappa shape index (κ3) is 2.82. The highest BCUT2D eigenvalue weighted by molar-refractivity contribution is 6.02. The number of methoxy groups -OCH3 is 1. The van der Waals surface area contributed by atoms with Crippen molar-refractivity contribution in [3.05, 3.63) is 29.3 Å². The van der Waals surface area contributed by atoms with Crippen LogP contribution in [0.25, 0.3) is 0 Å². The first-order valence-electron chi connectivity index (χ1n) is 6.24. The summed E-state index contributed by atoms with van der Waals surface area (Å²) in [6.45, 7) is 2.47. The summed E-state index contributed by atoms with van der Waals surface area (Å²) in [5.41, 5.74) is 2.98. The minimum atomic E-state index is 0.0620. The van der Waals surface area contributed by atoms with E-state index in [4.69, 9.17) is 14.7 Å². The van der Waals surface area contributed by atoms with E-state index in [2.05, 4.69) is 5.16 Å². The third-order valence-electron chi connectivity index (χ3n) is 3.26. The van der Waals surface area contributed by atoms with Gasteiger partial charge in [0.1, 0.15) is 12.4 Å². The number of oxime groups is 1. The molecule has 0 bridgehead atoms. The Morgan fingerprint density at radius 2 is 2.22 bits per heavy atom. The van der Waals surface area contributed by atoms with E-state index in [1.54, 1.807) is 7.11 Å².